The summed E-state index contributed by atoms with van der Waals surface area (Å²) in [6, 6.07) is 11.1. The van der Waals surface area contributed by atoms with E-state index in [9.17, 15) is 14.4 Å². The highest BCUT2D eigenvalue weighted by Crippen LogP contribution is 2.36. The molecule has 9 heteroatoms. The van der Waals surface area contributed by atoms with Gasteiger partial charge in [-0.25, -0.2) is 14.6 Å². The number of aromatic nitrogens is 2. The van der Waals surface area contributed by atoms with Crippen molar-refractivity contribution in [2.45, 2.75) is 26.9 Å². The quantitative estimate of drug-likeness (QED) is 0.557. The number of carbonyl (C=O) groups excluding carboxylic acids is 3. The lowest BCUT2D eigenvalue weighted by Crippen LogP contribution is -2.30. The van der Waals surface area contributed by atoms with Crippen LogP contribution in [0.5, 0.6) is 0 Å². The molecular weight excluding hydrogens is 418 g/mol. The fraction of sp³-hybridized carbons (Fsp3) is 0.227. The first-order chi connectivity index (χ1) is 14.9. The largest absolute Gasteiger partial charge is 0.462 e. The Labute approximate surface area is 183 Å². The van der Waals surface area contributed by atoms with Crippen molar-refractivity contribution < 1.29 is 23.9 Å². The van der Waals surface area contributed by atoms with Crippen LogP contribution in [-0.4, -0.2) is 40.5 Å². The lowest BCUT2D eigenvalue weighted by Gasteiger charge is -2.13. The molecule has 160 valence electrons. The van der Waals surface area contributed by atoms with E-state index in [4.69, 9.17) is 9.47 Å². The summed E-state index contributed by atoms with van der Waals surface area (Å²) in [6.45, 7) is 5.08. The molecule has 0 aliphatic rings. The van der Waals surface area contributed by atoms with Crippen molar-refractivity contribution in [2.24, 2.45) is 0 Å². The number of benzene rings is 1. The van der Waals surface area contributed by atoms with Gasteiger partial charge in [0.2, 0.25) is 0 Å². The van der Waals surface area contributed by atoms with E-state index in [1.54, 1.807) is 19.9 Å². The lowest BCUT2D eigenvalue weighted by molar-refractivity contribution is -0.123. The summed E-state index contributed by atoms with van der Waals surface area (Å²) in [5.74, 6) is -1.90. The number of hydrogen-bond acceptors (Lipinski definition) is 8. The van der Waals surface area contributed by atoms with Crippen LogP contribution in [0.15, 0.2) is 48.8 Å². The highest BCUT2D eigenvalue weighted by atomic mass is 32.1. The van der Waals surface area contributed by atoms with E-state index in [0.717, 1.165) is 10.4 Å². The monoisotopic (exact) mass is 439 g/mol. The zero-order valence-corrected chi connectivity index (χ0v) is 18.1. The third kappa shape index (κ3) is 5.52. The molecule has 1 aromatic carbocycles. The Hall–Kier alpha value is -3.59. The number of aryl methyl sites for hydroxylation is 1. The number of ether oxygens (including phenoxy) is 2. The van der Waals surface area contributed by atoms with Gasteiger partial charge in [-0.1, -0.05) is 30.3 Å². The normalized spacial score (nSPS) is 11.5. The Balaban J connectivity index is 1.77. The van der Waals surface area contributed by atoms with Crippen LogP contribution in [0.2, 0.25) is 0 Å². The molecule has 1 unspecified atom stereocenters. The van der Waals surface area contributed by atoms with Crippen LogP contribution >= 0.6 is 11.3 Å². The molecule has 1 amide bonds. The van der Waals surface area contributed by atoms with Crippen LogP contribution < -0.4 is 5.32 Å². The van der Waals surface area contributed by atoms with Crippen LogP contribution in [0.25, 0.3) is 10.4 Å². The summed E-state index contributed by atoms with van der Waals surface area (Å²) < 4.78 is 10.3. The summed E-state index contributed by atoms with van der Waals surface area (Å²) >= 11 is 1.23. The van der Waals surface area contributed by atoms with Crippen molar-refractivity contribution in [3.8, 4) is 10.4 Å². The Morgan fingerprint density at radius 3 is 2.48 bits per heavy atom. The molecule has 1 N–H and O–H groups in total. The first-order valence-electron chi connectivity index (χ1n) is 9.56. The number of nitrogens with one attached hydrogen (secondary N) is 1. The third-order valence-electron chi connectivity index (χ3n) is 4.17. The van der Waals surface area contributed by atoms with Gasteiger partial charge in [-0.2, -0.15) is 0 Å². The maximum atomic E-state index is 12.6. The maximum Gasteiger partial charge on any atom is 0.359 e. The Morgan fingerprint density at radius 2 is 1.84 bits per heavy atom. The van der Waals surface area contributed by atoms with Crippen LogP contribution in [0, 0.1) is 6.92 Å². The molecule has 0 saturated carbocycles. The van der Waals surface area contributed by atoms with Crippen LogP contribution in [-0.2, 0) is 14.3 Å². The lowest BCUT2D eigenvalue weighted by atomic mass is 10.1. The van der Waals surface area contributed by atoms with Gasteiger partial charge in [-0.05, 0) is 32.4 Å². The summed E-state index contributed by atoms with van der Waals surface area (Å²) in [5, 5.41) is 2.99. The van der Waals surface area contributed by atoms with Crippen molar-refractivity contribution in [1.29, 1.82) is 0 Å². The van der Waals surface area contributed by atoms with E-state index >= 15 is 0 Å². The molecule has 2 heterocycles. The van der Waals surface area contributed by atoms with Gasteiger partial charge in [0.15, 0.2) is 11.8 Å². The predicted molar refractivity (Wildman–Crippen MR) is 116 cm³/mol. The number of anilines is 1. The minimum Gasteiger partial charge on any atom is -0.462 e. The third-order valence-corrected chi connectivity index (χ3v) is 5.27. The second kappa shape index (κ2) is 9.94. The van der Waals surface area contributed by atoms with Gasteiger partial charge < -0.3 is 14.8 Å². The number of carbonyl (C=O) groups is 3. The average Bonchev–Trinajstić information content (AvgIpc) is 3.18. The van der Waals surface area contributed by atoms with Crippen molar-refractivity contribution in [1.82, 2.24) is 9.97 Å². The second-order valence-electron chi connectivity index (χ2n) is 6.52. The Kier molecular flexibility index (Phi) is 7.09. The molecule has 8 nitrogen and oxygen atoms in total. The van der Waals surface area contributed by atoms with Gasteiger partial charge >= 0.3 is 11.9 Å². The highest BCUT2D eigenvalue weighted by molar-refractivity contribution is 7.20. The van der Waals surface area contributed by atoms with Crippen molar-refractivity contribution in [3.05, 3.63) is 65.7 Å². The van der Waals surface area contributed by atoms with Gasteiger partial charge in [0.05, 0.1) is 24.1 Å². The standard InChI is InChI=1S/C22H21N3O5S/c1-4-29-21(27)16-10-18(15-8-6-5-7-9-15)31-20(16)25-19(26)14(3)30-22(28)17-12-23-13(2)11-24-17/h5-12,14H,4H2,1-3H3,(H,25,26). The summed E-state index contributed by atoms with van der Waals surface area (Å²) in [7, 11) is 0. The predicted octanol–water partition coefficient (Wildman–Crippen LogP) is 3.87. The minimum absolute atomic E-state index is 0.0000462. The van der Waals surface area contributed by atoms with Gasteiger partial charge in [0, 0.05) is 11.1 Å². The summed E-state index contributed by atoms with van der Waals surface area (Å²) in [5.41, 5.74) is 1.79. The Bertz CT molecular complexity index is 1080. The number of thiophene rings is 1. The van der Waals surface area contributed by atoms with E-state index < -0.39 is 23.9 Å². The van der Waals surface area contributed by atoms with Crippen LogP contribution in [0.1, 0.15) is 40.4 Å². The molecule has 1 atom stereocenters. The van der Waals surface area contributed by atoms with Gasteiger partial charge in [-0.3, -0.25) is 9.78 Å². The molecule has 2 aromatic heterocycles. The number of nitrogens with zero attached hydrogens (tertiary/aromatic N) is 2. The number of amides is 1. The molecule has 0 aliphatic carbocycles. The van der Waals surface area contributed by atoms with Gasteiger partial charge in [0.25, 0.3) is 5.91 Å². The molecule has 0 aliphatic heterocycles. The van der Waals surface area contributed by atoms with E-state index in [1.165, 1.54) is 30.7 Å². The summed E-state index contributed by atoms with van der Waals surface area (Å²) in [4.78, 5) is 45.9. The molecule has 3 aromatic rings. The van der Waals surface area contributed by atoms with E-state index in [-0.39, 0.29) is 17.9 Å². The molecule has 0 fully saturated rings. The smallest absolute Gasteiger partial charge is 0.359 e. The Morgan fingerprint density at radius 1 is 1.10 bits per heavy atom. The second-order valence-corrected chi connectivity index (χ2v) is 7.57. The van der Waals surface area contributed by atoms with Gasteiger partial charge in [0.1, 0.15) is 5.00 Å². The fourth-order valence-corrected chi connectivity index (χ4v) is 3.63. The topological polar surface area (TPSA) is 107 Å². The van der Waals surface area contributed by atoms with Crippen molar-refractivity contribution >= 4 is 34.2 Å². The zero-order chi connectivity index (χ0) is 22.4. The summed E-state index contributed by atoms with van der Waals surface area (Å²) in [6.07, 6.45) is 1.60. The molecule has 0 saturated heterocycles. The van der Waals surface area contributed by atoms with Crippen LogP contribution in [0.4, 0.5) is 5.00 Å². The van der Waals surface area contributed by atoms with Crippen molar-refractivity contribution in [2.75, 3.05) is 11.9 Å². The van der Waals surface area contributed by atoms with Crippen LogP contribution in [0.3, 0.4) is 0 Å². The number of hydrogen-bond donors (Lipinski definition) is 1. The molecule has 0 radical (unpaired) electrons. The molecule has 0 spiro atoms. The minimum atomic E-state index is -1.12. The maximum absolute atomic E-state index is 12.6. The molecular formula is C22H21N3O5S. The van der Waals surface area contributed by atoms with E-state index in [2.05, 4.69) is 15.3 Å². The first kappa shape index (κ1) is 22.1. The zero-order valence-electron chi connectivity index (χ0n) is 17.2. The van der Waals surface area contributed by atoms with E-state index in [0.29, 0.717) is 10.7 Å². The van der Waals surface area contributed by atoms with E-state index in [1.807, 2.05) is 30.3 Å². The average molecular weight is 439 g/mol. The fourth-order valence-electron chi connectivity index (χ4n) is 2.58. The van der Waals surface area contributed by atoms with Gasteiger partial charge in [-0.15, -0.1) is 11.3 Å². The molecule has 3 rings (SSSR count). The number of esters is 2. The molecule has 0 bridgehead atoms. The van der Waals surface area contributed by atoms with Crippen molar-refractivity contribution in [3.63, 3.8) is 0 Å². The first-order valence-corrected chi connectivity index (χ1v) is 10.4. The molecule has 31 heavy (non-hydrogen) atoms. The number of rotatable bonds is 7. The highest BCUT2D eigenvalue weighted by Gasteiger charge is 2.24. The SMILES string of the molecule is CCOC(=O)c1cc(-c2ccccc2)sc1NC(=O)C(C)OC(=O)c1cnc(C)cn1.